The lowest BCUT2D eigenvalue weighted by atomic mass is 10.3. The van der Waals surface area contributed by atoms with E-state index in [1.165, 1.54) is 0 Å². The summed E-state index contributed by atoms with van der Waals surface area (Å²) in [6.07, 6.45) is -0.231. The highest BCUT2D eigenvalue weighted by atomic mass is 32.1. The maximum Gasteiger partial charge on any atom is 0.327 e. The van der Waals surface area contributed by atoms with E-state index in [0.717, 1.165) is 18.2 Å². The minimum Gasteiger partial charge on any atom is -0.364 e. The van der Waals surface area contributed by atoms with Crippen molar-refractivity contribution in [2.45, 2.75) is 26.2 Å². The summed E-state index contributed by atoms with van der Waals surface area (Å²) in [6.45, 7) is 6.08. The van der Waals surface area contributed by atoms with Crippen LogP contribution >= 0.6 is 12.2 Å². The molecule has 2 saturated heterocycles. The molecule has 2 heterocycles. The first-order chi connectivity index (χ1) is 9.62. The Balaban J connectivity index is 2.37. The molecule has 0 aromatic heterocycles. The van der Waals surface area contributed by atoms with Crippen LogP contribution in [0.4, 0.5) is 4.79 Å². The first kappa shape index (κ1) is 15.3. The third-order valence-corrected chi connectivity index (χ3v) is 4.21. The molecule has 2 fully saturated rings. The smallest absolute Gasteiger partial charge is 0.327 e. The number of ether oxygens (including phenoxy) is 2. The van der Waals surface area contributed by atoms with Crippen LogP contribution in [0.2, 0.25) is 0 Å². The van der Waals surface area contributed by atoms with E-state index >= 15 is 0 Å². The average molecular weight is 302 g/mol. The predicted molar refractivity (Wildman–Crippen MR) is 77.8 cm³/mol. The van der Waals surface area contributed by atoms with Crippen molar-refractivity contribution in [3.63, 3.8) is 0 Å². The van der Waals surface area contributed by atoms with Crippen LogP contribution in [0.1, 0.15) is 13.8 Å². The van der Waals surface area contributed by atoms with Gasteiger partial charge in [-0.15, -0.1) is 0 Å². The third kappa shape index (κ3) is 2.11. The molecule has 0 aliphatic carbocycles. The van der Waals surface area contributed by atoms with E-state index in [2.05, 4.69) is 9.80 Å². The molecule has 2 amide bonds. The van der Waals surface area contributed by atoms with Gasteiger partial charge >= 0.3 is 6.03 Å². The fraction of sp³-hybridized carbons (Fsp3) is 0.833. The molecular formula is C12H22N4O3S. The van der Waals surface area contributed by atoms with Crippen LogP contribution in [0, 0.1) is 0 Å². The molecule has 0 bridgehead atoms. The highest BCUT2D eigenvalue weighted by Gasteiger charge is 2.56. The minimum atomic E-state index is -0.116. The monoisotopic (exact) mass is 302 g/mol. The Morgan fingerprint density at radius 3 is 1.65 bits per heavy atom. The van der Waals surface area contributed by atoms with Gasteiger partial charge in [0.15, 0.2) is 5.11 Å². The van der Waals surface area contributed by atoms with E-state index in [9.17, 15) is 4.79 Å². The molecule has 0 saturated carbocycles. The molecule has 8 heteroatoms. The van der Waals surface area contributed by atoms with E-state index in [0.29, 0.717) is 0 Å². The predicted octanol–water partition coefficient (Wildman–Crippen LogP) is 0.526. The van der Waals surface area contributed by atoms with Crippen molar-refractivity contribution >= 4 is 23.4 Å². The van der Waals surface area contributed by atoms with Crippen molar-refractivity contribution in [3.05, 3.63) is 0 Å². The molecule has 7 nitrogen and oxygen atoms in total. The van der Waals surface area contributed by atoms with Gasteiger partial charge in [-0.05, 0) is 26.1 Å². The molecule has 2 aliphatic heterocycles. The lowest BCUT2D eigenvalue weighted by Gasteiger charge is -2.30. The average Bonchev–Trinajstić information content (AvgIpc) is 2.85. The van der Waals surface area contributed by atoms with E-state index in [1.54, 1.807) is 24.0 Å². The number of likely N-dealkylation sites (N-methyl/N-ethyl adjacent to an activating group) is 2. The molecule has 2 aliphatic rings. The summed E-state index contributed by atoms with van der Waals surface area (Å²) in [6, 6.07) is -0.0805. The summed E-state index contributed by atoms with van der Waals surface area (Å²) < 4.78 is 10.4. The van der Waals surface area contributed by atoms with E-state index in [-0.39, 0.29) is 31.8 Å². The van der Waals surface area contributed by atoms with E-state index in [4.69, 9.17) is 21.7 Å². The Morgan fingerprint density at radius 1 is 0.950 bits per heavy atom. The number of hydrogen-bond donors (Lipinski definition) is 0. The number of methoxy groups -OCH3 is 2. The summed E-state index contributed by atoms with van der Waals surface area (Å²) in [5.74, 6) is 0. The Labute approximate surface area is 125 Å². The largest absolute Gasteiger partial charge is 0.364 e. The first-order valence-electron chi connectivity index (χ1n) is 6.74. The van der Waals surface area contributed by atoms with Gasteiger partial charge in [-0.1, -0.05) is 0 Å². The number of nitrogens with zero attached hydrogens (tertiary/aromatic N) is 4. The van der Waals surface area contributed by atoms with Crippen molar-refractivity contribution in [2.24, 2.45) is 0 Å². The topological polar surface area (TPSA) is 48.5 Å². The number of carbonyl (C=O) groups excluding carboxylic acids is 1. The maximum absolute atomic E-state index is 12.5. The molecule has 0 spiro atoms. The maximum atomic E-state index is 12.5. The molecule has 2 rings (SSSR count). The molecule has 2 atom stereocenters. The third-order valence-electron chi connectivity index (χ3n) is 3.74. The van der Waals surface area contributed by atoms with E-state index in [1.807, 2.05) is 13.8 Å². The van der Waals surface area contributed by atoms with Crippen molar-refractivity contribution < 1.29 is 14.3 Å². The standard InChI is InChI=1S/C12H22N4O3S/c1-5-13-9-10(14(6-2)12(13)20)16(8-19-4)11(17)15(9)7-18-3/h9-10H,5-8H2,1-4H3. The van der Waals surface area contributed by atoms with Gasteiger partial charge in [-0.3, -0.25) is 9.80 Å². The number of urea groups is 1. The van der Waals surface area contributed by atoms with Gasteiger partial charge in [0.2, 0.25) is 0 Å². The minimum absolute atomic E-state index is 0.0805. The van der Waals surface area contributed by atoms with Crippen molar-refractivity contribution in [1.29, 1.82) is 0 Å². The zero-order valence-electron chi connectivity index (χ0n) is 12.4. The lowest BCUT2D eigenvalue weighted by molar-refractivity contribution is 0.0300. The normalized spacial score (nSPS) is 26.0. The Bertz CT molecular complexity index is 363. The molecule has 2 unspecified atom stereocenters. The van der Waals surface area contributed by atoms with Gasteiger partial charge < -0.3 is 19.3 Å². The highest BCUT2D eigenvalue weighted by molar-refractivity contribution is 7.80. The Morgan fingerprint density at radius 2 is 1.35 bits per heavy atom. The Kier molecular flexibility index (Phi) is 4.66. The van der Waals surface area contributed by atoms with E-state index < -0.39 is 0 Å². The van der Waals surface area contributed by atoms with Crippen LogP contribution in [-0.4, -0.2) is 83.8 Å². The molecule has 0 radical (unpaired) electrons. The van der Waals surface area contributed by atoms with Crippen LogP contribution in [-0.2, 0) is 9.47 Å². The first-order valence-corrected chi connectivity index (χ1v) is 7.15. The van der Waals surface area contributed by atoms with Gasteiger partial charge in [0.05, 0.1) is 0 Å². The summed E-state index contributed by atoms with van der Waals surface area (Å²) in [7, 11) is 3.17. The molecular weight excluding hydrogens is 280 g/mol. The van der Waals surface area contributed by atoms with Gasteiger partial charge in [-0.2, -0.15) is 0 Å². The molecule has 0 N–H and O–H groups in total. The van der Waals surface area contributed by atoms with Crippen molar-refractivity contribution in [2.75, 3.05) is 40.8 Å². The summed E-state index contributed by atoms with van der Waals surface area (Å²) in [4.78, 5) is 20.1. The number of fused-ring (bicyclic) bond motifs is 1. The van der Waals surface area contributed by atoms with Gasteiger partial charge in [0.25, 0.3) is 0 Å². The molecule has 20 heavy (non-hydrogen) atoms. The van der Waals surface area contributed by atoms with Crippen molar-refractivity contribution in [1.82, 2.24) is 19.6 Å². The summed E-state index contributed by atoms with van der Waals surface area (Å²) >= 11 is 5.53. The van der Waals surface area contributed by atoms with Gasteiger partial charge in [0, 0.05) is 27.3 Å². The summed E-state index contributed by atoms with van der Waals surface area (Å²) in [5.41, 5.74) is 0. The van der Waals surface area contributed by atoms with Gasteiger partial charge in [0.1, 0.15) is 25.8 Å². The molecule has 0 aromatic carbocycles. The van der Waals surface area contributed by atoms with Crippen LogP contribution in [0.25, 0.3) is 0 Å². The molecule has 114 valence electrons. The second kappa shape index (κ2) is 6.11. The number of hydrogen-bond acceptors (Lipinski definition) is 4. The second-order valence-corrected chi connectivity index (χ2v) is 5.10. The quantitative estimate of drug-likeness (QED) is 0.667. The number of amides is 2. The fourth-order valence-corrected chi connectivity index (χ4v) is 3.42. The SMILES string of the molecule is CCN1C(=S)N(CC)C2C1N(COC)C(=O)N2COC. The summed E-state index contributed by atoms with van der Waals surface area (Å²) in [5, 5.41) is 0.778. The van der Waals surface area contributed by atoms with Crippen LogP contribution in [0.15, 0.2) is 0 Å². The second-order valence-electron chi connectivity index (χ2n) is 4.74. The highest BCUT2D eigenvalue weighted by Crippen LogP contribution is 2.34. The number of thiocarbonyl (C=S) groups is 1. The van der Waals surface area contributed by atoms with Crippen LogP contribution < -0.4 is 0 Å². The molecule has 0 aromatic rings. The number of carbonyl (C=O) groups is 1. The van der Waals surface area contributed by atoms with Gasteiger partial charge in [-0.25, -0.2) is 4.79 Å². The van der Waals surface area contributed by atoms with Crippen molar-refractivity contribution in [3.8, 4) is 0 Å². The number of rotatable bonds is 6. The zero-order chi connectivity index (χ0) is 14.9. The van der Waals surface area contributed by atoms with Crippen LogP contribution in [0.5, 0.6) is 0 Å². The lowest BCUT2D eigenvalue weighted by Crippen LogP contribution is -2.47. The fourth-order valence-electron chi connectivity index (χ4n) is 2.95. The van der Waals surface area contributed by atoms with Crippen LogP contribution in [0.3, 0.4) is 0 Å². The Hall–Kier alpha value is -1.12. The zero-order valence-corrected chi connectivity index (χ0v) is 13.2.